The van der Waals surface area contributed by atoms with Crippen molar-refractivity contribution in [2.75, 3.05) is 13.1 Å². The van der Waals surface area contributed by atoms with Crippen LogP contribution in [0.25, 0.3) is 5.43 Å². The summed E-state index contributed by atoms with van der Waals surface area (Å²) in [5, 5.41) is 0.774. The predicted octanol–water partition coefficient (Wildman–Crippen LogP) is 2.46. The summed E-state index contributed by atoms with van der Waals surface area (Å²) >= 11 is 5.78. The van der Waals surface area contributed by atoms with Crippen molar-refractivity contribution in [1.29, 1.82) is 0 Å². The van der Waals surface area contributed by atoms with Crippen LogP contribution in [0.2, 0.25) is 5.02 Å². The molecule has 0 unspecified atom stereocenters. The highest BCUT2D eigenvalue weighted by Crippen LogP contribution is 2.09. The average molecular weight is 195 g/mol. The lowest BCUT2D eigenvalue weighted by Crippen LogP contribution is -2.02. The summed E-state index contributed by atoms with van der Waals surface area (Å²) in [6, 6.07) is 7.78. The van der Waals surface area contributed by atoms with Crippen molar-refractivity contribution < 1.29 is 4.68 Å². The Labute approximate surface area is 82.8 Å². The molecular weight excluding hydrogens is 184 g/mol. The van der Waals surface area contributed by atoms with Gasteiger partial charge in [0.15, 0.2) is 6.21 Å². The molecule has 0 bridgehead atoms. The number of benzene rings is 1. The molecule has 0 atom stereocenters. The summed E-state index contributed by atoms with van der Waals surface area (Å²) in [7, 11) is 0. The van der Waals surface area contributed by atoms with Gasteiger partial charge >= 0.3 is 0 Å². The van der Waals surface area contributed by atoms with Crippen LogP contribution in [-0.4, -0.2) is 24.0 Å². The minimum atomic E-state index is 0.774. The van der Waals surface area contributed by atoms with Crippen LogP contribution in [0.4, 0.5) is 0 Å². The lowest BCUT2D eigenvalue weighted by molar-refractivity contribution is -0.454. The van der Waals surface area contributed by atoms with Crippen LogP contribution in [0.1, 0.15) is 12.0 Å². The van der Waals surface area contributed by atoms with Crippen molar-refractivity contribution in [2.24, 2.45) is 0 Å². The lowest BCUT2D eigenvalue weighted by atomic mass is 10.2. The summed E-state index contributed by atoms with van der Waals surface area (Å²) in [5.41, 5.74) is 5.45. The number of hydrogen-bond acceptors (Lipinski definition) is 0. The molecule has 1 heterocycles. The quantitative estimate of drug-likeness (QED) is 0.612. The van der Waals surface area contributed by atoms with Crippen LogP contribution >= 0.6 is 11.6 Å². The monoisotopic (exact) mass is 194 g/mol. The van der Waals surface area contributed by atoms with Crippen LogP contribution in [0.3, 0.4) is 0 Å². The van der Waals surface area contributed by atoms with Crippen LogP contribution in [0.5, 0.6) is 0 Å². The Kier molecular flexibility index (Phi) is 2.50. The van der Waals surface area contributed by atoms with Crippen LogP contribution < -0.4 is 0 Å². The van der Waals surface area contributed by atoms with Crippen LogP contribution in [0.15, 0.2) is 24.3 Å². The first-order valence-electron chi connectivity index (χ1n) is 4.39. The van der Waals surface area contributed by atoms with E-state index in [0.717, 1.165) is 30.1 Å². The van der Waals surface area contributed by atoms with E-state index >= 15 is 0 Å². The Bertz CT molecular complexity index is 308. The fourth-order valence-electron chi connectivity index (χ4n) is 1.33. The second-order valence-corrected chi connectivity index (χ2v) is 3.50. The van der Waals surface area contributed by atoms with Gasteiger partial charge in [-0.15, -0.1) is 0 Å². The van der Waals surface area contributed by atoms with E-state index in [1.165, 1.54) is 0 Å². The molecule has 13 heavy (non-hydrogen) atoms. The molecule has 1 aromatic carbocycles. The first-order chi connectivity index (χ1) is 6.34. The van der Waals surface area contributed by atoms with Gasteiger partial charge in [0.2, 0.25) is 0 Å². The van der Waals surface area contributed by atoms with Crippen molar-refractivity contribution in [3.8, 4) is 0 Å². The number of nitrogens with zero attached hydrogens (tertiary/aromatic N) is 2. The summed E-state index contributed by atoms with van der Waals surface area (Å²) in [6.07, 6.45) is 3.20. The van der Waals surface area contributed by atoms with Gasteiger partial charge in [-0.1, -0.05) is 18.1 Å². The van der Waals surface area contributed by atoms with Crippen LogP contribution in [0, 0.1) is 0 Å². The van der Waals surface area contributed by atoms with Gasteiger partial charge in [-0.3, -0.25) is 4.68 Å². The van der Waals surface area contributed by atoms with E-state index < -0.39 is 0 Å². The molecule has 1 aromatic rings. The molecule has 0 spiro atoms. The molecule has 1 aliphatic heterocycles. The zero-order valence-corrected chi connectivity index (χ0v) is 8.04. The normalized spacial score (nSPS) is 19.0. The Hall–Kier alpha value is -1.02. The van der Waals surface area contributed by atoms with E-state index in [4.69, 9.17) is 11.6 Å². The maximum Gasteiger partial charge on any atom is 0.166 e. The zero-order valence-electron chi connectivity index (χ0n) is 7.28. The second kappa shape index (κ2) is 3.79. The molecule has 2 rings (SSSR count). The molecule has 0 N–H and O–H groups in total. The Morgan fingerprint density at radius 2 is 2.08 bits per heavy atom. The van der Waals surface area contributed by atoms with Gasteiger partial charge in [0.1, 0.15) is 6.54 Å². The molecule has 1 fully saturated rings. The van der Waals surface area contributed by atoms with Crippen molar-refractivity contribution in [3.63, 3.8) is 0 Å². The highest BCUT2D eigenvalue weighted by molar-refractivity contribution is 6.30. The molecule has 2 nitrogen and oxygen atoms in total. The van der Waals surface area contributed by atoms with Crippen molar-refractivity contribution >= 4 is 17.8 Å². The third-order valence-electron chi connectivity index (χ3n) is 2.00. The Morgan fingerprint density at radius 3 is 2.69 bits per heavy atom. The first-order valence-corrected chi connectivity index (χ1v) is 4.77. The molecule has 0 radical (unpaired) electrons. The van der Waals surface area contributed by atoms with E-state index in [1.54, 1.807) is 0 Å². The summed E-state index contributed by atoms with van der Waals surface area (Å²) < 4.78 is 1.99. The molecule has 0 amide bonds. The highest BCUT2D eigenvalue weighted by atomic mass is 35.5. The molecule has 0 aromatic heterocycles. The van der Waals surface area contributed by atoms with Gasteiger partial charge < -0.3 is 5.43 Å². The summed E-state index contributed by atoms with van der Waals surface area (Å²) in [5.74, 6) is 0. The maximum atomic E-state index is 5.78. The molecule has 1 saturated heterocycles. The Morgan fingerprint density at radius 1 is 1.31 bits per heavy atom. The number of rotatable bonds is 1. The van der Waals surface area contributed by atoms with Crippen molar-refractivity contribution in [3.05, 3.63) is 40.3 Å². The molecule has 0 aliphatic carbocycles. The number of halogens is 1. The second-order valence-electron chi connectivity index (χ2n) is 3.06. The third-order valence-corrected chi connectivity index (χ3v) is 2.25. The van der Waals surface area contributed by atoms with Gasteiger partial charge in [0.05, 0.1) is 0 Å². The molecule has 68 valence electrons. The minimum Gasteiger partial charge on any atom is -0.440 e. The number of hydrogen-bond donors (Lipinski definition) is 0. The highest BCUT2D eigenvalue weighted by Gasteiger charge is 2.01. The predicted molar refractivity (Wildman–Crippen MR) is 54.6 cm³/mol. The SMILES string of the molecule is Clc1ccc(/C=[N+]2/CCC[N-]2)cc1. The van der Waals surface area contributed by atoms with Gasteiger partial charge in [0.25, 0.3) is 0 Å². The van der Waals surface area contributed by atoms with Crippen molar-refractivity contribution in [2.45, 2.75) is 6.42 Å². The molecular formula is C10H11ClN2. The largest absolute Gasteiger partial charge is 0.440 e. The zero-order chi connectivity index (χ0) is 9.10. The van der Waals surface area contributed by atoms with E-state index in [2.05, 4.69) is 5.43 Å². The van der Waals surface area contributed by atoms with E-state index in [9.17, 15) is 0 Å². The van der Waals surface area contributed by atoms with Crippen LogP contribution in [-0.2, 0) is 0 Å². The summed E-state index contributed by atoms with van der Waals surface area (Å²) in [6.45, 7) is 1.98. The van der Waals surface area contributed by atoms with Gasteiger partial charge in [0, 0.05) is 10.6 Å². The minimum absolute atomic E-state index is 0.774. The topological polar surface area (TPSA) is 17.1 Å². The van der Waals surface area contributed by atoms with E-state index in [1.807, 2.05) is 35.2 Å². The molecule has 3 heteroatoms. The third kappa shape index (κ3) is 2.22. The standard InChI is InChI=1S/C10H11ClN2/c11-10-4-2-9(3-5-10)8-13-7-1-6-12-13/h2-5,8H,1,6-7H2/b13-8-. The van der Waals surface area contributed by atoms with Gasteiger partial charge in [-0.05, 0) is 30.7 Å². The van der Waals surface area contributed by atoms with E-state index in [-0.39, 0.29) is 0 Å². The molecule has 0 saturated carbocycles. The fourth-order valence-corrected chi connectivity index (χ4v) is 1.45. The van der Waals surface area contributed by atoms with E-state index in [0.29, 0.717) is 0 Å². The summed E-state index contributed by atoms with van der Waals surface area (Å²) in [4.78, 5) is 0. The van der Waals surface area contributed by atoms with Crippen molar-refractivity contribution in [1.82, 2.24) is 0 Å². The van der Waals surface area contributed by atoms with Gasteiger partial charge in [-0.2, -0.15) is 0 Å². The average Bonchev–Trinajstić information content (AvgIpc) is 2.62. The first kappa shape index (κ1) is 8.57. The molecule has 1 aliphatic rings. The lowest BCUT2D eigenvalue weighted by Gasteiger charge is -2.04. The fraction of sp³-hybridized carbons (Fsp3) is 0.300. The van der Waals surface area contributed by atoms with Gasteiger partial charge in [-0.25, -0.2) is 0 Å². The smallest absolute Gasteiger partial charge is 0.166 e. The Balaban J connectivity index is 2.17. The maximum absolute atomic E-state index is 5.78.